The van der Waals surface area contributed by atoms with Gasteiger partial charge in [0.1, 0.15) is 5.60 Å². The summed E-state index contributed by atoms with van der Waals surface area (Å²) in [5.41, 5.74) is 2.74. The van der Waals surface area contributed by atoms with Gasteiger partial charge in [0.2, 0.25) is 5.91 Å². The largest absolute Gasteiger partial charge is 0.466 e. The van der Waals surface area contributed by atoms with Gasteiger partial charge in [-0.2, -0.15) is 0 Å². The minimum absolute atomic E-state index is 0.0208. The molecule has 0 bridgehead atoms. The zero-order chi connectivity index (χ0) is 26.8. The second-order valence-corrected chi connectivity index (χ2v) is 10.3. The van der Waals surface area contributed by atoms with E-state index in [-0.39, 0.29) is 11.8 Å². The van der Waals surface area contributed by atoms with Crippen molar-refractivity contribution in [3.05, 3.63) is 77.4 Å². The van der Waals surface area contributed by atoms with Gasteiger partial charge in [0.25, 0.3) is 0 Å². The second-order valence-electron chi connectivity index (χ2n) is 10.3. The summed E-state index contributed by atoms with van der Waals surface area (Å²) in [5.74, 6) is -0.777. The molecule has 1 amide bonds. The van der Waals surface area contributed by atoms with Crippen molar-refractivity contribution in [3.8, 4) is 0 Å². The number of benzene rings is 2. The van der Waals surface area contributed by atoms with Gasteiger partial charge in [0.15, 0.2) is 0 Å². The van der Waals surface area contributed by atoms with E-state index >= 15 is 0 Å². The molecule has 0 unspecified atom stereocenters. The van der Waals surface area contributed by atoms with Crippen molar-refractivity contribution < 1.29 is 23.9 Å². The van der Waals surface area contributed by atoms with Gasteiger partial charge in [-0.25, -0.2) is 9.59 Å². The van der Waals surface area contributed by atoms with E-state index in [1.54, 1.807) is 12.2 Å². The van der Waals surface area contributed by atoms with E-state index in [4.69, 9.17) is 9.47 Å². The van der Waals surface area contributed by atoms with Crippen molar-refractivity contribution in [2.75, 3.05) is 12.0 Å². The summed E-state index contributed by atoms with van der Waals surface area (Å²) in [6.45, 7) is 5.84. The maximum absolute atomic E-state index is 13.8. The number of rotatable bonds is 8. The lowest BCUT2D eigenvalue weighted by molar-refractivity contribution is -0.148. The fourth-order valence-corrected chi connectivity index (χ4v) is 4.40. The van der Waals surface area contributed by atoms with Gasteiger partial charge in [-0.3, -0.25) is 4.79 Å². The lowest BCUT2D eigenvalue weighted by atomic mass is 9.88. The van der Waals surface area contributed by atoms with E-state index in [0.29, 0.717) is 6.54 Å². The van der Waals surface area contributed by atoms with Crippen molar-refractivity contribution in [3.63, 3.8) is 0 Å². The van der Waals surface area contributed by atoms with Crippen LogP contribution in [0.15, 0.2) is 60.7 Å². The van der Waals surface area contributed by atoms with Crippen molar-refractivity contribution >= 4 is 35.7 Å². The normalized spacial score (nSPS) is 14.6. The Balaban J connectivity index is 1.93. The Labute approximate surface area is 220 Å². The van der Waals surface area contributed by atoms with Crippen LogP contribution in [0.1, 0.15) is 69.6 Å². The summed E-state index contributed by atoms with van der Waals surface area (Å²) < 4.78 is 10.1. The molecule has 1 aliphatic rings. The molecule has 1 aliphatic carbocycles. The summed E-state index contributed by atoms with van der Waals surface area (Å²) in [6.07, 6.45) is 11.3. The number of nitrogens with zero attached hydrogens (tertiary/aromatic N) is 1. The van der Waals surface area contributed by atoms with Crippen LogP contribution in [0, 0.1) is 5.92 Å². The third-order valence-corrected chi connectivity index (χ3v) is 6.20. The molecule has 37 heavy (non-hydrogen) atoms. The van der Waals surface area contributed by atoms with E-state index in [2.05, 4.69) is 0 Å². The molecule has 196 valence electrons. The molecular weight excluding hydrogens is 466 g/mol. The highest BCUT2D eigenvalue weighted by atomic mass is 16.6. The first kappa shape index (κ1) is 27.9. The van der Waals surface area contributed by atoms with Crippen molar-refractivity contribution in [1.82, 2.24) is 0 Å². The smallest absolute Gasteiger partial charge is 0.331 e. The van der Waals surface area contributed by atoms with E-state index < -0.39 is 17.5 Å². The van der Waals surface area contributed by atoms with Crippen LogP contribution in [0.4, 0.5) is 5.69 Å². The average Bonchev–Trinajstić information content (AvgIpc) is 2.89. The Kier molecular flexibility index (Phi) is 9.84. The first-order valence-electron chi connectivity index (χ1n) is 12.8. The van der Waals surface area contributed by atoms with Crippen molar-refractivity contribution in [2.24, 2.45) is 5.92 Å². The summed E-state index contributed by atoms with van der Waals surface area (Å²) >= 11 is 0. The number of methoxy groups -OCH3 is 1. The summed E-state index contributed by atoms with van der Waals surface area (Å²) in [7, 11) is 1.34. The van der Waals surface area contributed by atoms with Gasteiger partial charge in [0, 0.05) is 23.8 Å². The number of carbonyl (C=O) groups is 3. The SMILES string of the molecule is COC(=O)/C=C/c1cccc(N(Cc2ccccc2/C=C/C(=O)OC(C)(C)C)C(=O)C2CCCCC2)c1. The number of esters is 2. The van der Waals surface area contributed by atoms with E-state index in [9.17, 15) is 14.4 Å². The topological polar surface area (TPSA) is 72.9 Å². The van der Waals surface area contributed by atoms with E-state index in [1.807, 2.05) is 74.2 Å². The molecule has 0 atom stereocenters. The maximum Gasteiger partial charge on any atom is 0.331 e. The molecule has 6 heteroatoms. The van der Waals surface area contributed by atoms with E-state index in [1.165, 1.54) is 19.3 Å². The number of hydrogen-bond donors (Lipinski definition) is 0. The zero-order valence-electron chi connectivity index (χ0n) is 22.2. The number of anilines is 1. The Morgan fingerprint density at radius 3 is 2.32 bits per heavy atom. The van der Waals surface area contributed by atoms with Gasteiger partial charge in [-0.15, -0.1) is 0 Å². The minimum Gasteiger partial charge on any atom is -0.466 e. The molecule has 0 N–H and O–H groups in total. The van der Waals surface area contributed by atoms with Crippen LogP contribution in [0.3, 0.4) is 0 Å². The first-order valence-corrected chi connectivity index (χ1v) is 12.8. The average molecular weight is 504 g/mol. The molecule has 1 saturated carbocycles. The molecule has 3 rings (SSSR count). The summed E-state index contributed by atoms with van der Waals surface area (Å²) in [4.78, 5) is 39.5. The minimum atomic E-state index is -0.572. The summed E-state index contributed by atoms with van der Waals surface area (Å²) in [6, 6.07) is 15.3. The third-order valence-electron chi connectivity index (χ3n) is 6.20. The molecule has 0 spiro atoms. The highest BCUT2D eigenvalue weighted by molar-refractivity contribution is 5.96. The Bertz CT molecular complexity index is 1150. The predicted octanol–water partition coefficient (Wildman–Crippen LogP) is 6.34. The van der Waals surface area contributed by atoms with Crippen LogP contribution in [0.25, 0.3) is 12.2 Å². The molecule has 0 aromatic heterocycles. The summed E-state index contributed by atoms with van der Waals surface area (Å²) in [5, 5.41) is 0. The monoisotopic (exact) mass is 503 g/mol. The van der Waals surface area contributed by atoms with Crippen molar-refractivity contribution in [1.29, 1.82) is 0 Å². The molecular formula is C31H37NO5. The Morgan fingerprint density at radius 1 is 0.919 bits per heavy atom. The fraction of sp³-hybridized carbons (Fsp3) is 0.387. The molecule has 0 heterocycles. The molecule has 0 saturated heterocycles. The lowest BCUT2D eigenvalue weighted by Crippen LogP contribution is -2.37. The highest BCUT2D eigenvalue weighted by Crippen LogP contribution is 2.30. The molecule has 0 radical (unpaired) electrons. The number of ether oxygens (including phenoxy) is 2. The molecule has 1 fully saturated rings. The molecule has 2 aromatic carbocycles. The van der Waals surface area contributed by atoms with Gasteiger partial charge in [-0.05, 0) is 74.6 Å². The number of hydrogen-bond acceptors (Lipinski definition) is 5. The fourth-order valence-electron chi connectivity index (χ4n) is 4.40. The standard InChI is InChI=1S/C31H37NO5/c1-31(2,3)37-29(34)20-18-24-12-8-9-15-26(24)22-32(30(35)25-13-6-5-7-14-25)27-16-10-11-23(21-27)17-19-28(33)36-4/h8-12,15-21,25H,5-7,13-14,22H2,1-4H3/b19-17+,20-18+. The number of amides is 1. The van der Waals surface area contributed by atoms with Crippen LogP contribution in [-0.2, 0) is 30.4 Å². The van der Waals surface area contributed by atoms with Gasteiger partial charge in [0.05, 0.1) is 13.7 Å². The van der Waals surface area contributed by atoms with Crippen LogP contribution < -0.4 is 4.90 Å². The zero-order valence-corrected chi connectivity index (χ0v) is 22.2. The first-order chi connectivity index (χ1) is 17.7. The van der Waals surface area contributed by atoms with Crippen molar-refractivity contribution in [2.45, 2.75) is 65.0 Å². The van der Waals surface area contributed by atoms with Gasteiger partial charge >= 0.3 is 11.9 Å². The molecule has 0 aliphatic heterocycles. The third kappa shape index (κ3) is 8.74. The maximum atomic E-state index is 13.8. The Morgan fingerprint density at radius 2 is 1.62 bits per heavy atom. The lowest BCUT2D eigenvalue weighted by Gasteiger charge is -2.30. The van der Waals surface area contributed by atoms with Crippen LogP contribution in [0.5, 0.6) is 0 Å². The van der Waals surface area contributed by atoms with Crippen LogP contribution >= 0.6 is 0 Å². The second kappa shape index (κ2) is 13.0. The molecule has 6 nitrogen and oxygen atoms in total. The van der Waals surface area contributed by atoms with Crippen LogP contribution in [0.2, 0.25) is 0 Å². The van der Waals surface area contributed by atoms with Crippen LogP contribution in [-0.4, -0.2) is 30.6 Å². The number of carbonyl (C=O) groups excluding carboxylic acids is 3. The predicted molar refractivity (Wildman–Crippen MR) is 147 cm³/mol. The van der Waals surface area contributed by atoms with Gasteiger partial charge < -0.3 is 14.4 Å². The van der Waals surface area contributed by atoms with E-state index in [0.717, 1.165) is 54.5 Å². The molecule has 2 aromatic rings. The van der Waals surface area contributed by atoms with Gasteiger partial charge in [-0.1, -0.05) is 55.7 Å². The Hall–Kier alpha value is -3.67. The highest BCUT2D eigenvalue weighted by Gasteiger charge is 2.27. The quantitative estimate of drug-likeness (QED) is 0.310.